The molecule has 0 aliphatic rings. The maximum atomic E-state index is 7.47. The van der Waals surface area contributed by atoms with Crippen molar-refractivity contribution >= 4 is 398 Å². The van der Waals surface area contributed by atoms with Crippen LogP contribution >= 0.6 is 0 Å². The third-order valence-electron chi connectivity index (χ3n) is 20.1. The van der Waals surface area contributed by atoms with Crippen molar-refractivity contribution in [1.82, 2.24) is 0 Å². The van der Waals surface area contributed by atoms with Gasteiger partial charge >= 0.3 is 0 Å². The molecule has 71 heavy (non-hydrogen) atoms. The largest absolute Gasteiger partial charge is 0.457 e. The van der Waals surface area contributed by atoms with Crippen molar-refractivity contribution in [2.75, 3.05) is 0 Å². The van der Waals surface area contributed by atoms with E-state index in [-0.39, 0.29) is 0 Å². The highest BCUT2D eigenvalue weighted by atomic mass is 16.3. The standard InChI is InChI=1S/C44H51B25O2/c45-16-3(6-18(47)28(57)35(64)29(58)19(6)48)1-2-4(12-23(52)32(61)36(65)33(62)24(12)53)8-9(21(50)31(60)30(59)20(8)49)7(5(2)17(16)46)13-22(51)25(54)14-10-11-15-26(55)34(63)37(66)38(67)44(15)71-42(11)40(69)39(68)41(10)70-43(14)27(13)56/h1H,45-69H2. The first-order valence-electron chi connectivity index (χ1n) is 26.1. The number of rotatable bonds is 3. The molecule has 8 aromatic carbocycles. The van der Waals surface area contributed by atoms with E-state index in [2.05, 4.69) is 202 Å². The highest BCUT2D eigenvalue weighted by Crippen LogP contribution is 2.42. The van der Waals surface area contributed by atoms with Crippen LogP contribution in [0.2, 0.25) is 0 Å². The van der Waals surface area contributed by atoms with Crippen LogP contribution in [0.25, 0.3) is 98.8 Å². The van der Waals surface area contributed by atoms with Gasteiger partial charge in [0.05, 0.1) is 0 Å². The molecule has 0 fully saturated rings. The van der Waals surface area contributed by atoms with Crippen molar-refractivity contribution in [1.29, 1.82) is 0 Å². The molecule has 0 aliphatic carbocycles. The average Bonchev–Trinajstić information content (AvgIpc) is 3.95. The van der Waals surface area contributed by atoms with Crippen LogP contribution in [0, 0.1) is 0 Å². The zero-order valence-corrected chi connectivity index (χ0v) is 47.9. The first kappa shape index (κ1) is 50.1. The predicted octanol–water partition coefficient (Wildman–Crippen LogP) is -30.7. The van der Waals surface area contributed by atoms with Crippen LogP contribution < -0.4 is 137 Å². The average molecular weight is 882 g/mol. The number of hydrogen-bond acceptors (Lipinski definition) is 2. The van der Waals surface area contributed by atoms with E-state index in [1.807, 2.05) is 0 Å². The van der Waals surface area contributed by atoms with Gasteiger partial charge in [0.25, 0.3) is 0 Å². The molecule has 2 heterocycles. The topological polar surface area (TPSA) is 26.3 Å². The van der Waals surface area contributed by atoms with Crippen molar-refractivity contribution < 1.29 is 8.83 Å². The van der Waals surface area contributed by atoms with E-state index in [0.29, 0.717) is 0 Å². The lowest BCUT2D eigenvalue weighted by Crippen LogP contribution is -2.55. The van der Waals surface area contributed by atoms with Crippen molar-refractivity contribution in [3.8, 4) is 33.4 Å². The summed E-state index contributed by atoms with van der Waals surface area (Å²) in [7, 11) is 58.2. The van der Waals surface area contributed by atoms with Gasteiger partial charge in [-0.3, -0.25) is 0 Å². The van der Waals surface area contributed by atoms with Gasteiger partial charge in [-0.05, 0) is 77.4 Å². The van der Waals surface area contributed by atoms with Gasteiger partial charge in [0, 0.05) is 21.5 Å². The van der Waals surface area contributed by atoms with Crippen LogP contribution in [-0.4, -0.2) is 196 Å². The van der Waals surface area contributed by atoms with Crippen LogP contribution in [0.1, 0.15) is 0 Å². The van der Waals surface area contributed by atoms with E-state index in [1.54, 1.807) is 0 Å². The second-order valence-corrected chi connectivity index (χ2v) is 22.6. The Labute approximate surface area is 443 Å². The second kappa shape index (κ2) is 16.8. The molecule has 0 aliphatic heterocycles. The highest BCUT2D eigenvalue weighted by molar-refractivity contribution is 6.75. The quantitative estimate of drug-likeness (QED) is 0.131. The minimum Gasteiger partial charge on any atom is -0.457 e. The Hall–Kier alpha value is -4.50. The molecule has 27 heteroatoms. The first-order chi connectivity index (χ1) is 33.2. The summed E-state index contributed by atoms with van der Waals surface area (Å²) < 4.78 is 14.5. The number of hydrogen-bond donors (Lipinski definition) is 0. The SMILES string of the molecule is Bc1c(B)c(B)c(-c2cc3c(-c4c(B)c(B)c(B)c(B)c4B)c4c(B)c(B)c(B)c(B)c4c(-c4c(B)c(B)c5c(oc6c(B)c(B)c7oc8c(B)c(B)c(B)c(B)c8c7c65)c4B)c3c(B)c2B)c(B)c1B. The Morgan fingerprint density at radius 1 is 0.183 bits per heavy atom. The Morgan fingerprint density at radius 3 is 0.901 bits per heavy atom. The molecule has 0 saturated carbocycles. The zero-order valence-electron chi connectivity index (χ0n) is 47.9. The molecule has 0 bridgehead atoms. The summed E-state index contributed by atoms with van der Waals surface area (Å²) in [6.45, 7) is 0. The Kier molecular flexibility index (Phi) is 11.8. The zero-order chi connectivity index (χ0) is 51.9. The van der Waals surface area contributed by atoms with Gasteiger partial charge in [0.15, 0.2) is 0 Å². The molecule has 0 amide bonds. The van der Waals surface area contributed by atoms with Crippen LogP contribution in [-0.2, 0) is 0 Å². The molecule has 0 unspecified atom stereocenters. The van der Waals surface area contributed by atoms with Gasteiger partial charge in [-0.15, -0.1) is 49.2 Å². The highest BCUT2D eigenvalue weighted by Gasteiger charge is 2.32. The predicted molar refractivity (Wildman–Crippen MR) is 397 cm³/mol. The molecular formula is C44H51B25O2. The fourth-order valence-corrected chi connectivity index (χ4v) is 13.7. The molecule has 2 nitrogen and oxygen atoms in total. The molecule has 2 aromatic heterocycles. The summed E-state index contributed by atoms with van der Waals surface area (Å²) in [6, 6.07) is 2.63. The van der Waals surface area contributed by atoms with Gasteiger partial charge < -0.3 is 8.83 Å². The Morgan fingerprint density at radius 2 is 0.451 bits per heavy atom. The smallest absolute Gasteiger partial charge is 0.145 e. The number of furan rings is 2. The van der Waals surface area contributed by atoms with Crippen LogP contribution in [0.3, 0.4) is 0 Å². The minimum atomic E-state index is 0.969. The molecule has 0 radical (unpaired) electrons. The maximum absolute atomic E-state index is 7.47. The van der Waals surface area contributed by atoms with E-state index in [9.17, 15) is 0 Å². The number of benzene rings is 8. The van der Waals surface area contributed by atoms with Gasteiger partial charge in [-0.2, -0.15) is 0 Å². The summed E-state index contributed by atoms with van der Waals surface area (Å²) in [4.78, 5) is 0. The van der Waals surface area contributed by atoms with E-state index in [4.69, 9.17) is 8.83 Å². The summed E-state index contributed by atoms with van der Waals surface area (Å²) in [6.07, 6.45) is 0. The molecule has 0 N–H and O–H groups in total. The summed E-state index contributed by atoms with van der Waals surface area (Å²) in [5, 5.41) is 10.2. The Bertz CT molecular complexity index is 4170. The maximum Gasteiger partial charge on any atom is 0.145 e. The fourth-order valence-electron chi connectivity index (χ4n) is 13.7. The molecule has 0 saturated heterocycles. The molecular weight excluding hydrogens is 831 g/mol. The second-order valence-electron chi connectivity index (χ2n) is 22.6. The molecule has 0 atom stereocenters. The van der Waals surface area contributed by atoms with Crippen LogP contribution in [0.4, 0.5) is 0 Å². The summed E-state index contributed by atoms with van der Waals surface area (Å²) in [5.74, 6) is 0. The van der Waals surface area contributed by atoms with Gasteiger partial charge in [-0.25, -0.2) is 0 Å². The van der Waals surface area contributed by atoms with Crippen LogP contribution in [0.5, 0.6) is 0 Å². The summed E-state index contributed by atoms with van der Waals surface area (Å²) >= 11 is 0. The minimum absolute atomic E-state index is 0.969. The van der Waals surface area contributed by atoms with E-state index in [1.165, 1.54) is 202 Å². The lowest BCUT2D eigenvalue weighted by Gasteiger charge is -2.31. The first-order valence-corrected chi connectivity index (χ1v) is 26.1. The molecule has 314 valence electrons. The monoisotopic (exact) mass is 887 g/mol. The van der Waals surface area contributed by atoms with Gasteiger partial charge in [0.1, 0.15) is 218 Å². The lowest BCUT2D eigenvalue weighted by molar-refractivity contribution is 0.670. The van der Waals surface area contributed by atoms with E-state index < -0.39 is 0 Å². The summed E-state index contributed by atoms with van der Waals surface area (Å²) in [5.41, 5.74) is 45.1. The number of fused-ring (bicyclic) bond motifs is 9. The lowest BCUT2D eigenvalue weighted by atomic mass is 9.56. The Balaban J connectivity index is 1.51. The van der Waals surface area contributed by atoms with Gasteiger partial charge in [-0.1, -0.05) is 71.0 Å². The third kappa shape index (κ3) is 6.38. The van der Waals surface area contributed by atoms with Crippen molar-refractivity contribution in [3.05, 3.63) is 6.07 Å². The van der Waals surface area contributed by atoms with Crippen LogP contribution in [0.15, 0.2) is 14.9 Å². The van der Waals surface area contributed by atoms with E-state index in [0.717, 1.165) is 33.3 Å². The molecule has 10 rings (SSSR count). The van der Waals surface area contributed by atoms with Crippen molar-refractivity contribution in [3.63, 3.8) is 0 Å². The third-order valence-corrected chi connectivity index (χ3v) is 20.1. The fraction of sp³-hybridized carbons (Fsp3) is 0. The van der Waals surface area contributed by atoms with Crippen molar-refractivity contribution in [2.45, 2.75) is 0 Å². The van der Waals surface area contributed by atoms with Gasteiger partial charge in [0.2, 0.25) is 0 Å². The van der Waals surface area contributed by atoms with E-state index >= 15 is 0 Å². The normalized spacial score (nSPS) is 11.9. The van der Waals surface area contributed by atoms with Crippen molar-refractivity contribution in [2.24, 2.45) is 0 Å². The molecule has 10 aromatic rings. The molecule has 0 spiro atoms.